The summed E-state index contributed by atoms with van der Waals surface area (Å²) in [7, 11) is 0. The van der Waals surface area contributed by atoms with Crippen LogP contribution in [0.3, 0.4) is 0 Å². The molecule has 0 spiro atoms. The first kappa shape index (κ1) is 16.3. The predicted molar refractivity (Wildman–Crippen MR) is 73.3 cm³/mol. The monoisotopic (exact) mass is 339 g/mol. The van der Waals surface area contributed by atoms with Crippen molar-refractivity contribution in [3.05, 3.63) is 28.2 Å². The number of anilines is 1. The number of aliphatic hydroxyl groups is 1. The summed E-state index contributed by atoms with van der Waals surface area (Å²) in [5, 5.41) is 9.46. The van der Waals surface area contributed by atoms with Gasteiger partial charge >= 0.3 is 6.18 Å². The molecule has 0 aliphatic carbocycles. The minimum Gasteiger partial charge on any atom is -0.389 e. The molecule has 1 aromatic carbocycles. The Morgan fingerprint density at radius 3 is 2.21 bits per heavy atom. The Kier molecular flexibility index (Phi) is 5.26. The highest BCUT2D eigenvalue weighted by Gasteiger charge is 2.32. The first-order valence-corrected chi connectivity index (χ1v) is 6.72. The van der Waals surface area contributed by atoms with E-state index in [9.17, 15) is 18.3 Å². The Hall–Kier alpha value is -0.750. The van der Waals surface area contributed by atoms with Gasteiger partial charge in [-0.1, -0.05) is 6.07 Å². The highest BCUT2D eigenvalue weighted by molar-refractivity contribution is 9.10. The zero-order valence-electron chi connectivity index (χ0n) is 11.0. The molecule has 6 heteroatoms. The van der Waals surface area contributed by atoms with Crippen LogP contribution in [0.15, 0.2) is 22.7 Å². The lowest BCUT2D eigenvalue weighted by Gasteiger charge is -2.31. The van der Waals surface area contributed by atoms with E-state index in [1.54, 1.807) is 39.0 Å². The summed E-state index contributed by atoms with van der Waals surface area (Å²) in [5.74, 6) is 0. The van der Waals surface area contributed by atoms with Gasteiger partial charge in [-0.25, -0.2) is 0 Å². The quantitative estimate of drug-likeness (QED) is 0.884. The summed E-state index contributed by atoms with van der Waals surface area (Å²) in [5.41, 5.74) is 1.13. The van der Waals surface area contributed by atoms with Crippen LogP contribution < -0.4 is 4.90 Å². The van der Waals surface area contributed by atoms with Gasteiger partial charge in [0.25, 0.3) is 0 Å². The van der Waals surface area contributed by atoms with Crippen LogP contribution in [0.5, 0.6) is 0 Å². The van der Waals surface area contributed by atoms with Crippen molar-refractivity contribution in [3.8, 4) is 0 Å². The Balaban J connectivity index is 3.10. The lowest BCUT2D eigenvalue weighted by atomic mass is 10.1. The fourth-order valence-electron chi connectivity index (χ4n) is 1.76. The Labute approximate surface area is 119 Å². The van der Waals surface area contributed by atoms with Crippen molar-refractivity contribution in [2.45, 2.75) is 39.1 Å². The van der Waals surface area contributed by atoms with E-state index in [1.165, 1.54) is 4.90 Å². The van der Waals surface area contributed by atoms with E-state index in [0.29, 0.717) is 15.7 Å². The molecule has 1 unspecified atom stereocenters. The summed E-state index contributed by atoms with van der Waals surface area (Å²) in [4.78, 5) is 1.27. The fraction of sp³-hybridized carbons (Fsp3) is 0.538. The number of rotatable bonds is 4. The first-order valence-electron chi connectivity index (χ1n) is 5.92. The Morgan fingerprint density at radius 2 is 1.84 bits per heavy atom. The van der Waals surface area contributed by atoms with Gasteiger partial charge < -0.3 is 10.0 Å². The van der Waals surface area contributed by atoms with E-state index >= 15 is 0 Å². The highest BCUT2D eigenvalue weighted by Crippen LogP contribution is 2.32. The molecular weight excluding hydrogens is 323 g/mol. The minimum atomic E-state index is -4.26. The number of aliphatic hydroxyl groups excluding tert-OH is 1. The molecule has 0 amide bonds. The van der Waals surface area contributed by atoms with Gasteiger partial charge in [0.15, 0.2) is 0 Å². The number of halogens is 4. The molecule has 0 aliphatic heterocycles. The van der Waals surface area contributed by atoms with Crippen molar-refractivity contribution >= 4 is 21.6 Å². The largest absolute Gasteiger partial charge is 0.405 e. The summed E-state index contributed by atoms with van der Waals surface area (Å²) in [6, 6.07) is 4.59. The first-order chi connectivity index (χ1) is 8.61. The van der Waals surface area contributed by atoms with E-state index in [0.717, 1.165) is 0 Å². The van der Waals surface area contributed by atoms with Crippen molar-refractivity contribution in [1.29, 1.82) is 0 Å². The summed E-state index contributed by atoms with van der Waals surface area (Å²) < 4.78 is 38.3. The number of alkyl halides is 3. The van der Waals surface area contributed by atoms with Crippen LogP contribution in [0.25, 0.3) is 0 Å². The van der Waals surface area contributed by atoms with E-state index in [4.69, 9.17) is 0 Å². The average Bonchev–Trinajstić information content (AvgIpc) is 2.24. The van der Waals surface area contributed by atoms with Gasteiger partial charge in [0.05, 0.1) is 11.8 Å². The van der Waals surface area contributed by atoms with Gasteiger partial charge in [0.2, 0.25) is 0 Å². The van der Waals surface area contributed by atoms with Gasteiger partial charge in [-0.3, -0.25) is 0 Å². The van der Waals surface area contributed by atoms with Gasteiger partial charge in [-0.05, 0) is 54.4 Å². The van der Waals surface area contributed by atoms with Crippen LogP contribution in [0.4, 0.5) is 18.9 Å². The number of hydrogen-bond acceptors (Lipinski definition) is 2. The second kappa shape index (κ2) is 6.13. The molecule has 1 aromatic rings. The number of benzene rings is 1. The van der Waals surface area contributed by atoms with Gasteiger partial charge in [-0.15, -0.1) is 0 Å². The molecule has 0 radical (unpaired) electrons. The van der Waals surface area contributed by atoms with Crippen molar-refractivity contribution in [1.82, 2.24) is 0 Å². The lowest BCUT2D eigenvalue weighted by Crippen LogP contribution is -2.39. The van der Waals surface area contributed by atoms with Crippen LogP contribution in [-0.4, -0.2) is 23.9 Å². The molecule has 108 valence electrons. The Bertz CT molecular complexity index is 432. The molecule has 19 heavy (non-hydrogen) atoms. The third-order valence-electron chi connectivity index (χ3n) is 2.74. The van der Waals surface area contributed by atoms with E-state index in [2.05, 4.69) is 15.9 Å². The molecule has 0 fully saturated rings. The zero-order chi connectivity index (χ0) is 14.8. The molecule has 1 atom stereocenters. The van der Waals surface area contributed by atoms with E-state index < -0.39 is 18.8 Å². The molecule has 0 bridgehead atoms. The maximum absolute atomic E-state index is 12.6. The van der Waals surface area contributed by atoms with Gasteiger partial charge in [0.1, 0.15) is 6.54 Å². The second-order valence-electron chi connectivity index (χ2n) is 4.72. The molecule has 0 heterocycles. The topological polar surface area (TPSA) is 23.5 Å². The molecule has 1 rings (SSSR count). The van der Waals surface area contributed by atoms with Gasteiger partial charge in [-0.2, -0.15) is 13.2 Å². The number of hydrogen-bond donors (Lipinski definition) is 1. The standard InChI is InChI=1S/C13H17BrF3NO/c1-8(2)18(7-13(15,16)17)12-5-4-10(9(3)19)6-11(12)14/h4-6,8-9,19H,7H2,1-3H3. The molecule has 0 aliphatic rings. The second-order valence-corrected chi connectivity index (χ2v) is 5.58. The normalized spacial score (nSPS) is 13.7. The summed E-state index contributed by atoms with van der Waals surface area (Å²) in [6.45, 7) is 4.02. The van der Waals surface area contributed by atoms with Crippen molar-refractivity contribution in [2.75, 3.05) is 11.4 Å². The average molecular weight is 340 g/mol. The highest BCUT2D eigenvalue weighted by atomic mass is 79.9. The molecule has 1 N–H and O–H groups in total. The predicted octanol–water partition coefficient (Wildman–Crippen LogP) is 4.28. The molecule has 0 saturated heterocycles. The van der Waals surface area contributed by atoms with E-state index in [-0.39, 0.29) is 6.04 Å². The fourth-order valence-corrected chi connectivity index (χ4v) is 2.38. The SMILES string of the molecule is CC(O)c1ccc(N(CC(F)(F)F)C(C)C)c(Br)c1. The lowest BCUT2D eigenvalue weighted by molar-refractivity contribution is -0.120. The van der Waals surface area contributed by atoms with Crippen LogP contribution in [-0.2, 0) is 0 Å². The third-order valence-corrected chi connectivity index (χ3v) is 3.37. The summed E-state index contributed by atoms with van der Waals surface area (Å²) in [6.07, 6.45) is -4.91. The van der Waals surface area contributed by atoms with Crippen molar-refractivity contribution in [3.63, 3.8) is 0 Å². The van der Waals surface area contributed by atoms with Crippen LogP contribution >= 0.6 is 15.9 Å². The number of nitrogens with zero attached hydrogens (tertiary/aromatic N) is 1. The van der Waals surface area contributed by atoms with Crippen LogP contribution in [0.2, 0.25) is 0 Å². The maximum atomic E-state index is 12.6. The molecule has 0 saturated carbocycles. The maximum Gasteiger partial charge on any atom is 0.405 e. The minimum absolute atomic E-state index is 0.282. The van der Waals surface area contributed by atoms with Crippen LogP contribution in [0, 0.1) is 0 Å². The third kappa shape index (κ3) is 4.69. The van der Waals surface area contributed by atoms with Crippen molar-refractivity contribution in [2.24, 2.45) is 0 Å². The van der Waals surface area contributed by atoms with Crippen LogP contribution in [0.1, 0.15) is 32.4 Å². The van der Waals surface area contributed by atoms with Gasteiger partial charge in [0, 0.05) is 10.5 Å². The van der Waals surface area contributed by atoms with Crippen molar-refractivity contribution < 1.29 is 18.3 Å². The summed E-state index contributed by atoms with van der Waals surface area (Å²) >= 11 is 3.27. The molecule has 0 aromatic heterocycles. The molecule has 2 nitrogen and oxygen atoms in total. The Morgan fingerprint density at radius 1 is 1.26 bits per heavy atom. The smallest absolute Gasteiger partial charge is 0.389 e. The molecular formula is C13H17BrF3NO. The zero-order valence-corrected chi connectivity index (χ0v) is 12.6. The van der Waals surface area contributed by atoms with E-state index in [1.807, 2.05) is 0 Å².